The van der Waals surface area contributed by atoms with Crippen LogP contribution in [0.25, 0.3) is 0 Å². The van der Waals surface area contributed by atoms with Gasteiger partial charge in [-0.1, -0.05) is 20.3 Å². The molecule has 0 aliphatic heterocycles. The van der Waals surface area contributed by atoms with E-state index in [0.717, 1.165) is 19.3 Å². The van der Waals surface area contributed by atoms with Crippen LogP contribution in [0.3, 0.4) is 0 Å². The van der Waals surface area contributed by atoms with E-state index in [1.165, 1.54) is 0 Å². The van der Waals surface area contributed by atoms with Gasteiger partial charge in [-0.15, -0.1) is 11.6 Å². The number of nitrogens with one attached hydrogen (secondary N) is 2. The van der Waals surface area contributed by atoms with Crippen molar-refractivity contribution in [2.24, 2.45) is 11.8 Å². The van der Waals surface area contributed by atoms with Gasteiger partial charge in [0.2, 0.25) is 5.91 Å². The zero-order valence-electron chi connectivity index (χ0n) is 10.5. The van der Waals surface area contributed by atoms with Crippen molar-refractivity contribution in [2.45, 2.75) is 45.6 Å². The van der Waals surface area contributed by atoms with Crippen LogP contribution in [0, 0.1) is 11.8 Å². The summed E-state index contributed by atoms with van der Waals surface area (Å²) in [6.45, 7) is 4.33. The summed E-state index contributed by atoms with van der Waals surface area (Å²) in [6, 6.07) is -0.211. The monoisotopic (exact) mass is 260 g/mol. The summed E-state index contributed by atoms with van der Waals surface area (Å²) in [6.07, 6.45) is 3.47. The minimum atomic E-state index is -0.395. The van der Waals surface area contributed by atoms with Gasteiger partial charge < -0.3 is 5.32 Å². The van der Waals surface area contributed by atoms with E-state index < -0.39 is 6.03 Å². The summed E-state index contributed by atoms with van der Waals surface area (Å²) in [4.78, 5) is 22.7. The van der Waals surface area contributed by atoms with Crippen molar-refractivity contribution in [1.29, 1.82) is 0 Å². The molecule has 5 heteroatoms. The average molecular weight is 261 g/mol. The molecule has 1 aliphatic carbocycles. The number of hydrogen-bond acceptors (Lipinski definition) is 2. The van der Waals surface area contributed by atoms with E-state index in [9.17, 15) is 9.59 Å². The first-order chi connectivity index (χ1) is 8.08. The van der Waals surface area contributed by atoms with Crippen molar-refractivity contribution in [1.82, 2.24) is 10.6 Å². The predicted molar refractivity (Wildman–Crippen MR) is 68.0 cm³/mol. The van der Waals surface area contributed by atoms with Gasteiger partial charge in [-0.05, 0) is 24.7 Å². The number of hydrogen-bond donors (Lipinski definition) is 2. The Labute approximate surface area is 107 Å². The van der Waals surface area contributed by atoms with Crippen molar-refractivity contribution in [3.63, 3.8) is 0 Å². The number of imide groups is 1. The minimum absolute atomic E-state index is 0.173. The summed E-state index contributed by atoms with van der Waals surface area (Å²) in [5.74, 6) is 1.07. The molecule has 0 spiro atoms. The maximum atomic E-state index is 11.5. The van der Waals surface area contributed by atoms with Gasteiger partial charge in [0.05, 0.1) is 0 Å². The molecule has 1 fully saturated rings. The van der Waals surface area contributed by atoms with Crippen LogP contribution in [0.1, 0.15) is 39.5 Å². The Balaban J connectivity index is 2.34. The molecule has 4 nitrogen and oxygen atoms in total. The first kappa shape index (κ1) is 14.3. The second-order valence-electron chi connectivity index (χ2n) is 4.67. The molecule has 3 unspecified atom stereocenters. The molecule has 0 bridgehead atoms. The van der Waals surface area contributed by atoms with Gasteiger partial charge >= 0.3 is 6.03 Å². The Morgan fingerprint density at radius 3 is 2.59 bits per heavy atom. The topological polar surface area (TPSA) is 58.2 Å². The van der Waals surface area contributed by atoms with E-state index >= 15 is 0 Å². The van der Waals surface area contributed by atoms with Crippen LogP contribution in [0.2, 0.25) is 0 Å². The minimum Gasteiger partial charge on any atom is -0.335 e. The number of urea groups is 1. The van der Waals surface area contributed by atoms with Crippen LogP contribution in [0.4, 0.5) is 4.79 Å². The van der Waals surface area contributed by atoms with Crippen LogP contribution in [0.5, 0.6) is 0 Å². The molecule has 3 atom stereocenters. The van der Waals surface area contributed by atoms with Crippen LogP contribution >= 0.6 is 11.6 Å². The quantitative estimate of drug-likeness (QED) is 0.762. The first-order valence-electron chi connectivity index (χ1n) is 6.24. The highest BCUT2D eigenvalue weighted by Crippen LogP contribution is 2.33. The fraction of sp³-hybridized carbons (Fsp3) is 0.833. The van der Waals surface area contributed by atoms with Crippen molar-refractivity contribution in [2.75, 3.05) is 5.88 Å². The molecule has 0 aromatic carbocycles. The summed E-state index contributed by atoms with van der Waals surface area (Å²) < 4.78 is 0. The van der Waals surface area contributed by atoms with Crippen LogP contribution in [0.15, 0.2) is 0 Å². The Morgan fingerprint density at radius 1 is 1.35 bits per heavy atom. The van der Waals surface area contributed by atoms with E-state index in [-0.39, 0.29) is 24.2 Å². The lowest BCUT2D eigenvalue weighted by Gasteiger charge is -2.20. The number of amides is 3. The number of carbonyl (C=O) groups excluding carboxylic acids is 2. The third-order valence-corrected chi connectivity index (χ3v) is 3.83. The normalized spacial score (nSPS) is 27.8. The highest BCUT2D eigenvalue weighted by molar-refractivity contribution is 6.19. The Kier molecular flexibility index (Phi) is 5.75. The maximum Gasteiger partial charge on any atom is 0.321 e. The van der Waals surface area contributed by atoms with Gasteiger partial charge in [0.25, 0.3) is 0 Å². The Hall–Kier alpha value is -0.770. The van der Waals surface area contributed by atoms with E-state index in [4.69, 9.17) is 11.6 Å². The molecule has 0 heterocycles. The second-order valence-corrected chi connectivity index (χ2v) is 5.05. The molecule has 1 aliphatic rings. The molecule has 1 rings (SSSR count). The molecule has 0 aromatic heterocycles. The summed E-state index contributed by atoms with van der Waals surface area (Å²) >= 11 is 5.42. The molecular formula is C12H21ClN2O2. The second kappa shape index (κ2) is 6.84. The highest BCUT2D eigenvalue weighted by atomic mass is 35.5. The van der Waals surface area contributed by atoms with E-state index in [2.05, 4.69) is 24.5 Å². The highest BCUT2D eigenvalue weighted by Gasteiger charge is 2.32. The zero-order valence-corrected chi connectivity index (χ0v) is 11.2. The zero-order chi connectivity index (χ0) is 12.8. The standard InChI is InChI=1S/C12H21ClN2O2/c1-3-9-4-5-10(8(9)2)14-12(17)15-11(16)6-7-13/h8-10H,3-7H2,1-2H3,(H2,14,15,16,17). The molecule has 0 aromatic rings. The molecule has 98 valence electrons. The summed E-state index contributed by atoms with van der Waals surface area (Å²) in [5.41, 5.74) is 0. The SMILES string of the molecule is CCC1CCC(NC(=O)NC(=O)CCCl)C1C. The van der Waals surface area contributed by atoms with Gasteiger partial charge in [0.15, 0.2) is 0 Å². The number of halogens is 1. The lowest BCUT2D eigenvalue weighted by molar-refractivity contribution is -0.119. The van der Waals surface area contributed by atoms with Crippen molar-refractivity contribution < 1.29 is 9.59 Å². The van der Waals surface area contributed by atoms with Crippen LogP contribution < -0.4 is 10.6 Å². The largest absolute Gasteiger partial charge is 0.335 e. The molecule has 3 amide bonds. The van der Waals surface area contributed by atoms with Crippen molar-refractivity contribution in [3.05, 3.63) is 0 Å². The predicted octanol–water partition coefficient (Wildman–Crippen LogP) is 2.27. The molecule has 1 saturated carbocycles. The fourth-order valence-electron chi connectivity index (χ4n) is 2.51. The maximum absolute atomic E-state index is 11.5. The van der Waals surface area contributed by atoms with Gasteiger partial charge in [-0.25, -0.2) is 4.79 Å². The summed E-state index contributed by atoms with van der Waals surface area (Å²) in [7, 11) is 0. The van der Waals surface area contributed by atoms with Crippen molar-refractivity contribution >= 4 is 23.5 Å². The summed E-state index contributed by atoms with van der Waals surface area (Å²) in [5, 5.41) is 5.16. The molecular weight excluding hydrogens is 240 g/mol. The van der Waals surface area contributed by atoms with E-state index in [0.29, 0.717) is 11.8 Å². The molecule has 0 saturated heterocycles. The Bertz CT molecular complexity index is 284. The van der Waals surface area contributed by atoms with E-state index in [1.807, 2.05) is 0 Å². The first-order valence-corrected chi connectivity index (χ1v) is 6.78. The number of alkyl halides is 1. The molecule has 2 N–H and O–H groups in total. The lowest BCUT2D eigenvalue weighted by atomic mass is 9.94. The van der Waals surface area contributed by atoms with Crippen LogP contribution in [-0.2, 0) is 4.79 Å². The van der Waals surface area contributed by atoms with Gasteiger partial charge in [-0.2, -0.15) is 0 Å². The third-order valence-electron chi connectivity index (χ3n) is 3.64. The van der Waals surface area contributed by atoms with Gasteiger partial charge in [0.1, 0.15) is 0 Å². The number of carbonyl (C=O) groups is 2. The van der Waals surface area contributed by atoms with Crippen LogP contribution in [-0.4, -0.2) is 23.9 Å². The Morgan fingerprint density at radius 2 is 2.06 bits per heavy atom. The van der Waals surface area contributed by atoms with Gasteiger partial charge in [0, 0.05) is 18.3 Å². The lowest BCUT2D eigenvalue weighted by Crippen LogP contribution is -2.45. The van der Waals surface area contributed by atoms with E-state index in [1.54, 1.807) is 0 Å². The van der Waals surface area contributed by atoms with Gasteiger partial charge in [-0.3, -0.25) is 10.1 Å². The smallest absolute Gasteiger partial charge is 0.321 e. The fourth-order valence-corrected chi connectivity index (χ4v) is 2.68. The molecule has 0 radical (unpaired) electrons. The molecule has 17 heavy (non-hydrogen) atoms. The average Bonchev–Trinajstić information content (AvgIpc) is 2.60. The van der Waals surface area contributed by atoms with Crippen molar-refractivity contribution in [3.8, 4) is 0 Å². The number of rotatable bonds is 4. The third kappa shape index (κ3) is 4.19.